The molecule has 1 N–H and O–H groups in total. The molecule has 0 aromatic rings. The summed E-state index contributed by atoms with van der Waals surface area (Å²) < 4.78 is -0.0145. The normalized spacial score (nSPS) is 47.2. The smallest absolute Gasteiger partial charge is 0.0746 e. The summed E-state index contributed by atoms with van der Waals surface area (Å²) in [5.41, 5.74) is 1.21. The van der Waals surface area contributed by atoms with Crippen molar-refractivity contribution in [3.63, 3.8) is 0 Å². The summed E-state index contributed by atoms with van der Waals surface area (Å²) in [7, 11) is 0. The molecule has 2 aliphatic carbocycles. The van der Waals surface area contributed by atoms with Crippen molar-refractivity contribution in [2.45, 2.75) is 37.4 Å². The Morgan fingerprint density at radius 3 is 2.50 bits per heavy atom. The van der Waals surface area contributed by atoms with Crippen LogP contribution in [0.25, 0.3) is 0 Å². The first-order valence-corrected chi connectivity index (χ1v) is 5.22. The highest BCUT2D eigenvalue weighted by atomic mass is 79.9. The Hall–Kier alpha value is -0.0500. The van der Waals surface area contributed by atoms with E-state index in [-0.39, 0.29) is 9.74 Å². The van der Waals surface area contributed by atoms with Crippen molar-refractivity contribution in [2.75, 3.05) is 0 Å². The predicted molar refractivity (Wildman–Crippen MR) is 52.0 cm³/mol. The third-order valence-electron chi connectivity index (χ3n) is 3.90. The van der Waals surface area contributed by atoms with Gasteiger partial charge in [0.25, 0.3) is 0 Å². The van der Waals surface area contributed by atoms with Gasteiger partial charge in [-0.25, -0.2) is 0 Å². The second kappa shape index (κ2) is 2.25. The van der Waals surface area contributed by atoms with E-state index in [1.54, 1.807) is 0 Å². The zero-order chi connectivity index (χ0) is 8.98. The van der Waals surface area contributed by atoms with Crippen LogP contribution >= 0.6 is 15.9 Å². The van der Waals surface area contributed by atoms with Crippen molar-refractivity contribution in [3.8, 4) is 0 Å². The third-order valence-corrected chi connectivity index (χ3v) is 5.77. The van der Waals surface area contributed by atoms with E-state index in [2.05, 4.69) is 34.9 Å². The molecule has 2 bridgehead atoms. The minimum Gasteiger partial charge on any atom is -0.411 e. The molecule has 2 aliphatic rings. The number of hydrogen-bond acceptors (Lipinski definition) is 2. The first-order chi connectivity index (χ1) is 5.52. The average molecular weight is 232 g/mol. The third kappa shape index (κ3) is 0.734. The van der Waals surface area contributed by atoms with E-state index in [0.29, 0.717) is 5.92 Å². The van der Waals surface area contributed by atoms with E-state index in [0.717, 1.165) is 18.6 Å². The van der Waals surface area contributed by atoms with Crippen LogP contribution in [0.2, 0.25) is 0 Å². The summed E-state index contributed by atoms with van der Waals surface area (Å²) in [6.45, 7) is 4.52. The van der Waals surface area contributed by atoms with Crippen LogP contribution in [-0.4, -0.2) is 15.2 Å². The molecule has 2 atom stereocenters. The largest absolute Gasteiger partial charge is 0.411 e. The standard InChI is InChI=1S/C9H14BrNO/c1-8(2)6-3-4-9(8,10)7(5-6)11-12/h6,12H,3-5H2,1-2H3/b11-7-. The van der Waals surface area contributed by atoms with Gasteiger partial charge in [0.15, 0.2) is 0 Å². The maximum atomic E-state index is 8.84. The van der Waals surface area contributed by atoms with Crippen molar-refractivity contribution in [2.24, 2.45) is 16.5 Å². The van der Waals surface area contributed by atoms with Gasteiger partial charge in [-0.15, -0.1) is 0 Å². The second-order valence-electron chi connectivity index (χ2n) is 4.51. The van der Waals surface area contributed by atoms with Gasteiger partial charge in [0.05, 0.1) is 10.0 Å². The van der Waals surface area contributed by atoms with Crippen LogP contribution in [0.3, 0.4) is 0 Å². The van der Waals surface area contributed by atoms with Gasteiger partial charge in [0.2, 0.25) is 0 Å². The Morgan fingerprint density at radius 1 is 1.58 bits per heavy atom. The molecule has 2 nitrogen and oxygen atoms in total. The fraction of sp³-hybridized carbons (Fsp3) is 0.889. The maximum Gasteiger partial charge on any atom is 0.0746 e. The molecule has 0 spiro atoms. The fourth-order valence-corrected chi connectivity index (χ4v) is 3.56. The number of oxime groups is 1. The summed E-state index contributed by atoms with van der Waals surface area (Å²) in [6, 6.07) is 0. The van der Waals surface area contributed by atoms with Crippen LogP contribution in [0.15, 0.2) is 5.16 Å². The first kappa shape index (κ1) is 8.54. The van der Waals surface area contributed by atoms with Gasteiger partial charge >= 0.3 is 0 Å². The zero-order valence-corrected chi connectivity index (χ0v) is 9.06. The van der Waals surface area contributed by atoms with E-state index >= 15 is 0 Å². The van der Waals surface area contributed by atoms with Crippen molar-refractivity contribution in [3.05, 3.63) is 0 Å². The van der Waals surface area contributed by atoms with Crippen molar-refractivity contribution >= 4 is 21.6 Å². The molecule has 2 fully saturated rings. The van der Waals surface area contributed by atoms with E-state index in [4.69, 9.17) is 5.21 Å². The molecule has 0 saturated heterocycles. The summed E-state index contributed by atoms with van der Waals surface area (Å²) in [5.74, 6) is 0.697. The van der Waals surface area contributed by atoms with Gasteiger partial charge in [-0.05, 0) is 30.6 Å². The Morgan fingerprint density at radius 2 is 2.25 bits per heavy atom. The lowest BCUT2D eigenvalue weighted by Crippen LogP contribution is -2.36. The Labute approximate surface area is 81.2 Å². The van der Waals surface area contributed by atoms with Crippen molar-refractivity contribution < 1.29 is 5.21 Å². The van der Waals surface area contributed by atoms with E-state index in [9.17, 15) is 0 Å². The van der Waals surface area contributed by atoms with E-state index in [1.165, 1.54) is 6.42 Å². The molecule has 0 heterocycles. The van der Waals surface area contributed by atoms with Crippen molar-refractivity contribution in [1.82, 2.24) is 0 Å². The van der Waals surface area contributed by atoms with Gasteiger partial charge in [0.1, 0.15) is 0 Å². The lowest BCUT2D eigenvalue weighted by atomic mass is 9.82. The molecule has 0 aliphatic heterocycles. The minimum absolute atomic E-state index is 0.0145. The zero-order valence-electron chi connectivity index (χ0n) is 7.47. The molecule has 0 radical (unpaired) electrons. The fourth-order valence-electron chi connectivity index (χ4n) is 2.77. The Balaban J connectivity index is 2.46. The summed E-state index contributed by atoms with van der Waals surface area (Å²) in [4.78, 5) is 0. The summed E-state index contributed by atoms with van der Waals surface area (Å²) in [5, 5.41) is 12.3. The molecule has 0 aromatic heterocycles. The molecule has 3 heteroatoms. The molecule has 68 valence electrons. The number of hydrogen-bond donors (Lipinski definition) is 1. The van der Waals surface area contributed by atoms with Crippen LogP contribution in [0.1, 0.15) is 33.1 Å². The number of rotatable bonds is 0. The first-order valence-electron chi connectivity index (χ1n) is 4.42. The number of nitrogens with zero attached hydrogens (tertiary/aromatic N) is 1. The highest BCUT2D eigenvalue weighted by molar-refractivity contribution is 9.10. The molecular formula is C9H14BrNO. The maximum absolute atomic E-state index is 8.84. The average Bonchev–Trinajstić information content (AvgIpc) is 2.34. The Bertz CT molecular complexity index is 249. The molecule has 0 aromatic carbocycles. The van der Waals surface area contributed by atoms with E-state index < -0.39 is 0 Å². The minimum atomic E-state index is -0.0145. The van der Waals surface area contributed by atoms with Gasteiger partial charge in [-0.2, -0.15) is 0 Å². The quantitative estimate of drug-likeness (QED) is 0.388. The van der Waals surface area contributed by atoms with E-state index in [1.807, 2.05) is 0 Å². The lowest BCUT2D eigenvalue weighted by Gasteiger charge is -2.31. The van der Waals surface area contributed by atoms with Crippen LogP contribution in [0.5, 0.6) is 0 Å². The molecule has 2 saturated carbocycles. The lowest BCUT2D eigenvalue weighted by molar-refractivity contribution is 0.288. The molecular weight excluding hydrogens is 218 g/mol. The topological polar surface area (TPSA) is 32.6 Å². The SMILES string of the molecule is CC1(C)C2CCC1(Br)/C(=N\O)C2. The highest BCUT2D eigenvalue weighted by Gasteiger charge is 2.61. The number of alkyl halides is 1. The monoisotopic (exact) mass is 231 g/mol. The summed E-state index contributed by atoms with van der Waals surface area (Å²) in [6.07, 6.45) is 3.34. The van der Waals surface area contributed by atoms with Gasteiger partial charge in [0, 0.05) is 0 Å². The summed E-state index contributed by atoms with van der Waals surface area (Å²) >= 11 is 3.74. The van der Waals surface area contributed by atoms with Crippen LogP contribution in [-0.2, 0) is 0 Å². The van der Waals surface area contributed by atoms with Gasteiger partial charge < -0.3 is 5.21 Å². The van der Waals surface area contributed by atoms with Crippen LogP contribution in [0.4, 0.5) is 0 Å². The number of halogens is 1. The van der Waals surface area contributed by atoms with Crippen molar-refractivity contribution in [1.29, 1.82) is 0 Å². The highest BCUT2D eigenvalue weighted by Crippen LogP contribution is 2.62. The Kier molecular flexibility index (Phi) is 1.60. The van der Waals surface area contributed by atoms with Gasteiger partial charge in [-0.1, -0.05) is 34.9 Å². The molecule has 12 heavy (non-hydrogen) atoms. The molecule has 2 unspecified atom stereocenters. The van der Waals surface area contributed by atoms with Gasteiger partial charge in [-0.3, -0.25) is 0 Å². The van der Waals surface area contributed by atoms with Crippen LogP contribution in [0, 0.1) is 11.3 Å². The van der Waals surface area contributed by atoms with Crippen LogP contribution < -0.4 is 0 Å². The second-order valence-corrected chi connectivity index (χ2v) is 5.86. The molecule has 2 rings (SSSR count). The predicted octanol–water partition coefficient (Wildman–Crippen LogP) is 2.79. The molecule has 0 amide bonds. The number of fused-ring (bicyclic) bond motifs is 2.